The maximum absolute atomic E-state index is 13.5. The molecule has 0 aromatic heterocycles. The van der Waals surface area contributed by atoms with E-state index in [1.807, 2.05) is 90.4 Å². The minimum absolute atomic E-state index is 0.00715. The third-order valence-corrected chi connectivity index (χ3v) is 11.2. The van der Waals surface area contributed by atoms with Gasteiger partial charge in [-0.2, -0.15) is 0 Å². The molecule has 5 aromatic carbocycles. The fourth-order valence-electron chi connectivity index (χ4n) is 5.66. The molecule has 5 rings (SSSR count). The molecule has 15 heteroatoms. The molecule has 0 saturated heterocycles. The van der Waals surface area contributed by atoms with Crippen molar-refractivity contribution in [3.63, 3.8) is 0 Å². The first-order valence-corrected chi connectivity index (χ1v) is 20.5. The molecular formula is C41H43ClF3N5O4S2. The molecule has 0 spiro atoms. The number of nitrogens with one attached hydrogen (secondary N) is 4. The van der Waals surface area contributed by atoms with E-state index in [9.17, 15) is 26.4 Å². The molecule has 0 heterocycles. The first-order valence-electron chi connectivity index (χ1n) is 17.7. The summed E-state index contributed by atoms with van der Waals surface area (Å²) >= 11 is 7.64. The van der Waals surface area contributed by atoms with Crippen LogP contribution in [0.15, 0.2) is 131 Å². The number of rotatable bonds is 19. The van der Waals surface area contributed by atoms with Crippen LogP contribution in [-0.4, -0.2) is 71.1 Å². The van der Waals surface area contributed by atoms with Gasteiger partial charge in [-0.1, -0.05) is 66.2 Å². The highest BCUT2D eigenvalue weighted by atomic mass is 35.5. The molecule has 56 heavy (non-hydrogen) atoms. The van der Waals surface area contributed by atoms with Crippen molar-refractivity contribution in [2.75, 3.05) is 50.1 Å². The van der Waals surface area contributed by atoms with Gasteiger partial charge in [0.1, 0.15) is 4.90 Å². The molecular weight excluding hydrogens is 783 g/mol. The minimum atomic E-state index is -5.19. The minimum Gasteiger partial charge on any atom is -0.404 e. The smallest absolute Gasteiger partial charge is 0.404 e. The Morgan fingerprint density at radius 1 is 0.857 bits per heavy atom. The number of amides is 1. The van der Waals surface area contributed by atoms with Gasteiger partial charge in [0.25, 0.3) is 15.9 Å². The number of nitrogens with zero attached hydrogens (tertiary/aromatic N) is 1. The molecule has 1 amide bonds. The SMILES string of the molecule is CN(C)CC[C@H](CSc1ccccc1)Nc1ccc(S(=O)(=O)NC(=O)c2ccc(NCCNCc3ccccc3-c3ccc(Cl)cc3)cc2)c(OC(F)(F)F)c1. The van der Waals surface area contributed by atoms with Gasteiger partial charge in [0, 0.05) is 64.4 Å². The molecule has 0 aliphatic carbocycles. The number of ether oxygens (including phenoxy) is 1. The van der Waals surface area contributed by atoms with Crippen LogP contribution in [0.3, 0.4) is 0 Å². The van der Waals surface area contributed by atoms with Gasteiger partial charge in [0.2, 0.25) is 0 Å². The second-order valence-corrected chi connectivity index (χ2v) is 16.2. The van der Waals surface area contributed by atoms with Crippen molar-refractivity contribution in [1.29, 1.82) is 0 Å². The Bertz CT molecular complexity index is 2140. The Morgan fingerprint density at radius 2 is 1.54 bits per heavy atom. The van der Waals surface area contributed by atoms with Crippen LogP contribution < -0.4 is 25.4 Å². The van der Waals surface area contributed by atoms with E-state index in [4.69, 9.17) is 11.6 Å². The van der Waals surface area contributed by atoms with E-state index in [1.54, 1.807) is 23.9 Å². The van der Waals surface area contributed by atoms with Crippen LogP contribution in [0.5, 0.6) is 5.75 Å². The van der Waals surface area contributed by atoms with Crippen molar-refractivity contribution < 1.29 is 31.1 Å². The van der Waals surface area contributed by atoms with Crippen molar-refractivity contribution >= 4 is 50.7 Å². The molecule has 0 aliphatic rings. The molecule has 0 aliphatic heterocycles. The molecule has 296 valence electrons. The number of alkyl halides is 3. The number of hydrogen-bond acceptors (Lipinski definition) is 9. The summed E-state index contributed by atoms with van der Waals surface area (Å²) in [4.78, 5) is 15.2. The maximum Gasteiger partial charge on any atom is 0.573 e. The Hall–Kier alpha value is -4.73. The van der Waals surface area contributed by atoms with Gasteiger partial charge >= 0.3 is 6.36 Å². The second kappa shape index (κ2) is 19.9. The zero-order chi connectivity index (χ0) is 40.1. The van der Waals surface area contributed by atoms with Crippen molar-refractivity contribution in [2.24, 2.45) is 0 Å². The van der Waals surface area contributed by atoms with E-state index in [0.29, 0.717) is 49.1 Å². The quantitative estimate of drug-likeness (QED) is 0.0480. The van der Waals surface area contributed by atoms with Crippen molar-refractivity contribution in [3.8, 4) is 16.9 Å². The van der Waals surface area contributed by atoms with Gasteiger partial charge in [-0.3, -0.25) is 4.79 Å². The van der Waals surface area contributed by atoms with Crippen LogP contribution in [0.25, 0.3) is 11.1 Å². The van der Waals surface area contributed by atoms with E-state index in [2.05, 4.69) is 32.8 Å². The number of carbonyl (C=O) groups excluding carboxylic acids is 1. The van der Waals surface area contributed by atoms with Gasteiger partial charge < -0.3 is 25.6 Å². The highest BCUT2D eigenvalue weighted by Crippen LogP contribution is 2.33. The Balaban J connectivity index is 1.18. The lowest BCUT2D eigenvalue weighted by molar-refractivity contribution is -0.275. The summed E-state index contributed by atoms with van der Waals surface area (Å²) in [6, 6.07) is 34.6. The van der Waals surface area contributed by atoms with E-state index >= 15 is 0 Å². The first kappa shape index (κ1) is 42.4. The summed E-state index contributed by atoms with van der Waals surface area (Å²) in [7, 11) is -0.956. The monoisotopic (exact) mass is 825 g/mol. The zero-order valence-corrected chi connectivity index (χ0v) is 33.2. The molecule has 4 N–H and O–H groups in total. The lowest BCUT2D eigenvalue weighted by Crippen LogP contribution is -2.31. The molecule has 1 atom stereocenters. The average Bonchev–Trinajstić information content (AvgIpc) is 3.16. The summed E-state index contributed by atoms with van der Waals surface area (Å²) in [5.41, 5.74) is 4.20. The first-order chi connectivity index (χ1) is 26.8. The normalized spacial score (nSPS) is 12.3. The topological polar surface area (TPSA) is 112 Å². The van der Waals surface area contributed by atoms with Crippen molar-refractivity contribution in [3.05, 3.63) is 137 Å². The molecule has 0 bridgehead atoms. The highest BCUT2D eigenvalue weighted by Gasteiger charge is 2.35. The molecule has 0 unspecified atom stereocenters. The van der Waals surface area contributed by atoms with Gasteiger partial charge in [0.15, 0.2) is 5.75 Å². The molecule has 0 saturated carbocycles. The van der Waals surface area contributed by atoms with Gasteiger partial charge in [0.05, 0.1) is 0 Å². The lowest BCUT2D eigenvalue weighted by atomic mass is 10.00. The lowest BCUT2D eigenvalue weighted by Gasteiger charge is -2.23. The van der Waals surface area contributed by atoms with E-state index < -0.39 is 32.9 Å². The van der Waals surface area contributed by atoms with Gasteiger partial charge in [-0.15, -0.1) is 24.9 Å². The summed E-state index contributed by atoms with van der Waals surface area (Å²) in [5, 5.41) is 10.6. The van der Waals surface area contributed by atoms with E-state index in [-0.39, 0.29) is 17.3 Å². The molecule has 9 nitrogen and oxygen atoms in total. The predicted octanol–water partition coefficient (Wildman–Crippen LogP) is 8.75. The average molecular weight is 826 g/mol. The third kappa shape index (κ3) is 13.2. The Labute approximate surface area is 335 Å². The van der Waals surface area contributed by atoms with Gasteiger partial charge in [-0.25, -0.2) is 13.1 Å². The predicted molar refractivity (Wildman–Crippen MR) is 219 cm³/mol. The van der Waals surface area contributed by atoms with Crippen LogP contribution >= 0.6 is 23.4 Å². The van der Waals surface area contributed by atoms with Crippen LogP contribution in [0.2, 0.25) is 5.02 Å². The maximum atomic E-state index is 13.5. The summed E-state index contributed by atoms with van der Waals surface area (Å²) in [5.74, 6) is -1.39. The molecule has 0 fully saturated rings. The largest absolute Gasteiger partial charge is 0.573 e. The summed E-state index contributed by atoms with van der Waals surface area (Å²) < 4.78 is 73.4. The number of sulfonamides is 1. The third-order valence-electron chi connectivity index (χ3n) is 8.44. The highest BCUT2D eigenvalue weighted by molar-refractivity contribution is 7.99. The molecule has 5 aromatic rings. The number of anilines is 2. The van der Waals surface area contributed by atoms with Crippen LogP contribution in [0, 0.1) is 0 Å². The fourth-order valence-corrected chi connectivity index (χ4v) is 7.87. The standard InChI is InChI=1S/C41H43ClF3N5O4S2/c1-50(2)25-22-35(28-55-36-9-4-3-5-10-36)48-34-20-21-39(38(26-34)54-41(43,44)45)56(52,53)49-40(51)30-14-18-33(19-15-30)47-24-23-46-27-31-8-6-7-11-37(31)29-12-16-32(42)17-13-29/h3-21,26,35,46-48H,22-25,27-28H2,1-2H3,(H,49,51)/t35-/m1/s1. The number of hydrogen-bond donors (Lipinski definition) is 4. The zero-order valence-electron chi connectivity index (χ0n) is 30.8. The second-order valence-electron chi connectivity index (χ2n) is 13.0. The van der Waals surface area contributed by atoms with E-state index in [0.717, 1.165) is 33.7 Å². The van der Waals surface area contributed by atoms with Crippen molar-refractivity contribution in [2.45, 2.75) is 35.2 Å². The Morgan fingerprint density at radius 3 is 2.23 bits per heavy atom. The van der Waals surface area contributed by atoms with Crippen LogP contribution in [0.4, 0.5) is 24.5 Å². The molecule has 0 radical (unpaired) electrons. The van der Waals surface area contributed by atoms with Crippen molar-refractivity contribution in [1.82, 2.24) is 14.9 Å². The summed E-state index contributed by atoms with van der Waals surface area (Å²) in [6.07, 6.45) is -4.54. The summed E-state index contributed by atoms with van der Waals surface area (Å²) in [6.45, 7) is 2.51. The van der Waals surface area contributed by atoms with Gasteiger partial charge in [-0.05, 0) is 104 Å². The number of thioether (sulfide) groups is 1. The fraction of sp³-hybridized carbons (Fsp3) is 0.244. The Kier molecular flexibility index (Phi) is 15.1. The number of benzene rings is 5. The van der Waals surface area contributed by atoms with Crippen LogP contribution in [0.1, 0.15) is 22.3 Å². The van der Waals surface area contributed by atoms with Crippen LogP contribution in [-0.2, 0) is 16.6 Å². The number of carbonyl (C=O) groups is 1. The van der Waals surface area contributed by atoms with E-state index in [1.165, 1.54) is 18.2 Å². The number of halogens is 4.